The number of aliphatic carboxylic acids is 1. The third-order valence-corrected chi connectivity index (χ3v) is 5.55. The summed E-state index contributed by atoms with van der Waals surface area (Å²) in [7, 11) is 0. The van der Waals surface area contributed by atoms with E-state index in [9.17, 15) is 14.9 Å². The minimum absolute atomic E-state index is 0.0947. The molecule has 0 aromatic heterocycles. The first-order valence-electron chi connectivity index (χ1n) is 9.52. The van der Waals surface area contributed by atoms with Crippen molar-refractivity contribution in [3.8, 4) is 0 Å². The van der Waals surface area contributed by atoms with Gasteiger partial charge in [-0.05, 0) is 63.2 Å². The summed E-state index contributed by atoms with van der Waals surface area (Å²) in [6.07, 6.45) is 6.35. The van der Waals surface area contributed by atoms with Crippen LogP contribution in [0.3, 0.4) is 0 Å². The van der Waals surface area contributed by atoms with Crippen LogP contribution in [0.15, 0.2) is 18.2 Å². The van der Waals surface area contributed by atoms with Gasteiger partial charge in [0, 0.05) is 18.7 Å². The van der Waals surface area contributed by atoms with Crippen LogP contribution in [0.1, 0.15) is 50.5 Å². The Morgan fingerprint density at radius 3 is 2.50 bits per heavy atom. The van der Waals surface area contributed by atoms with Crippen LogP contribution in [0.5, 0.6) is 0 Å². The van der Waals surface area contributed by atoms with E-state index in [2.05, 4.69) is 10.2 Å². The van der Waals surface area contributed by atoms with Crippen molar-refractivity contribution in [3.05, 3.63) is 33.9 Å². The third-order valence-electron chi connectivity index (χ3n) is 5.55. The molecule has 0 unspecified atom stereocenters. The first kappa shape index (κ1) is 18.6. The van der Waals surface area contributed by atoms with Crippen LogP contribution in [-0.4, -0.2) is 40.0 Å². The average molecular weight is 361 g/mol. The summed E-state index contributed by atoms with van der Waals surface area (Å²) >= 11 is 0. The molecule has 0 bridgehead atoms. The summed E-state index contributed by atoms with van der Waals surface area (Å²) in [6, 6.07) is 5.55. The smallest absolute Gasteiger partial charge is 0.306 e. The second-order valence-corrected chi connectivity index (χ2v) is 7.48. The van der Waals surface area contributed by atoms with Gasteiger partial charge >= 0.3 is 5.97 Å². The Kier molecular flexibility index (Phi) is 6.08. The van der Waals surface area contributed by atoms with E-state index in [1.54, 1.807) is 12.1 Å². The van der Waals surface area contributed by atoms with Gasteiger partial charge in [0.1, 0.15) is 5.69 Å². The predicted molar refractivity (Wildman–Crippen MR) is 99.2 cm³/mol. The number of likely N-dealkylation sites (tertiary alicyclic amines) is 1. The SMILES string of the molecule is O=C(O)C1CCC(Nc2ccc(CN3CCCCC3)cc2[N+](=O)[O-])CC1. The highest BCUT2D eigenvalue weighted by atomic mass is 16.6. The van der Waals surface area contributed by atoms with Crippen molar-refractivity contribution >= 4 is 17.3 Å². The third kappa shape index (κ3) is 4.72. The van der Waals surface area contributed by atoms with E-state index in [-0.39, 0.29) is 22.6 Å². The fraction of sp³-hybridized carbons (Fsp3) is 0.632. The number of nitro groups is 1. The van der Waals surface area contributed by atoms with Crippen LogP contribution in [0.4, 0.5) is 11.4 Å². The van der Waals surface area contributed by atoms with Crippen LogP contribution in [0, 0.1) is 16.0 Å². The Labute approximate surface area is 153 Å². The van der Waals surface area contributed by atoms with Crippen molar-refractivity contribution in [3.63, 3.8) is 0 Å². The number of hydrogen-bond acceptors (Lipinski definition) is 5. The number of anilines is 1. The summed E-state index contributed by atoms with van der Waals surface area (Å²) in [4.78, 5) is 24.6. The molecule has 1 saturated heterocycles. The molecule has 1 aromatic rings. The van der Waals surface area contributed by atoms with Crippen molar-refractivity contribution in [2.75, 3.05) is 18.4 Å². The first-order chi connectivity index (χ1) is 12.5. The van der Waals surface area contributed by atoms with E-state index < -0.39 is 5.97 Å². The molecule has 0 radical (unpaired) electrons. The summed E-state index contributed by atoms with van der Waals surface area (Å²) in [5, 5.41) is 23.9. The van der Waals surface area contributed by atoms with Crippen LogP contribution in [-0.2, 0) is 11.3 Å². The van der Waals surface area contributed by atoms with Gasteiger partial charge in [0.05, 0.1) is 10.8 Å². The van der Waals surface area contributed by atoms with Crippen LogP contribution in [0.25, 0.3) is 0 Å². The largest absolute Gasteiger partial charge is 0.481 e. The molecule has 0 spiro atoms. The van der Waals surface area contributed by atoms with Gasteiger partial charge in [-0.2, -0.15) is 0 Å². The van der Waals surface area contributed by atoms with Crippen LogP contribution in [0.2, 0.25) is 0 Å². The molecule has 0 amide bonds. The molecule has 1 aliphatic heterocycles. The van der Waals surface area contributed by atoms with Gasteiger partial charge in [-0.25, -0.2) is 0 Å². The Balaban J connectivity index is 1.65. The maximum Gasteiger partial charge on any atom is 0.306 e. The number of nitrogens with one attached hydrogen (secondary N) is 1. The quantitative estimate of drug-likeness (QED) is 0.593. The molecule has 3 rings (SSSR count). The standard InChI is InChI=1S/C19H27N3O4/c23-19(24)15-5-7-16(8-6-15)20-17-9-4-14(12-18(17)22(25)26)13-21-10-2-1-3-11-21/h4,9,12,15-16,20H,1-3,5-8,10-11,13H2,(H,23,24). The molecule has 2 N–H and O–H groups in total. The van der Waals surface area contributed by atoms with Crippen LogP contribution < -0.4 is 5.32 Å². The summed E-state index contributed by atoms with van der Waals surface area (Å²) in [6.45, 7) is 2.87. The zero-order valence-corrected chi connectivity index (χ0v) is 15.0. The maximum absolute atomic E-state index is 11.5. The molecule has 0 atom stereocenters. The zero-order chi connectivity index (χ0) is 18.5. The van der Waals surface area contributed by atoms with Gasteiger partial charge in [-0.1, -0.05) is 12.5 Å². The van der Waals surface area contributed by atoms with E-state index in [0.29, 0.717) is 18.5 Å². The predicted octanol–water partition coefficient (Wildman–Crippen LogP) is 3.64. The molecular weight excluding hydrogens is 334 g/mol. The van der Waals surface area contributed by atoms with E-state index in [1.165, 1.54) is 19.3 Å². The van der Waals surface area contributed by atoms with E-state index in [4.69, 9.17) is 5.11 Å². The van der Waals surface area contributed by atoms with Gasteiger partial charge in [0.25, 0.3) is 5.69 Å². The number of hydrogen-bond donors (Lipinski definition) is 2. The minimum Gasteiger partial charge on any atom is -0.481 e. The number of nitro benzene ring substituents is 1. The summed E-state index contributed by atoms with van der Waals surface area (Å²) < 4.78 is 0. The van der Waals surface area contributed by atoms with Gasteiger partial charge in [-0.3, -0.25) is 19.8 Å². The molecule has 7 nitrogen and oxygen atoms in total. The molecule has 26 heavy (non-hydrogen) atoms. The second kappa shape index (κ2) is 8.49. The zero-order valence-electron chi connectivity index (χ0n) is 15.0. The topological polar surface area (TPSA) is 95.7 Å². The Morgan fingerprint density at radius 2 is 1.88 bits per heavy atom. The lowest BCUT2D eigenvalue weighted by molar-refractivity contribution is -0.384. The van der Waals surface area contributed by atoms with Crippen molar-refractivity contribution in [2.24, 2.45) is 5.92 Å². The molecule has 7 heteroatoms. The van der Waals surface area contributed by atoms with Crippen molar-refractivity contribution in [1.29, 1.82) is 0 Å². The van der Waals surface area contributed by atoms with Crippen LogP contribution >= 0.6 is 0 Å². The maximum atomic E-state index is 11.5. The average Bonchev–Trinajstić information content (AvgIpc) is 2.64. The number of carboxylic acids is 1. The number of nitrogens with zero attached hydrogens (tertiary/aromatic N) is 2. The molecule has 1 heterocycles. The lowest BCUT2D eigenvalue weighted by Gasteiger charge is -2.28. The van der Waals surface area contributed by atoms with Gasteiger partial charge in [-0.15, -0.1) is 0 Å². The minimum atomic E-state index is -0.739. The number of piperidine rings is 1. The second-order valence-electron chi connectivity index (χ2n) is 7.48. The first-order valence-corrected chi connectivity index (χ1v) is 9.52. The number of rotatable bonds is 6. The molecule has 1 aliphatic carbocycles. The number of benzene rings is 1. The lowest BCUT2D eigenvalue weighted by atomic mass is 9.86. The van der Waals surface area contributed by atoms with E-state index >= 15 is 0 Å². The fourth-order valence-corrected chi connectivity index (χ4v) is 4.03. The van der Waals surface area contributed by atoms with Crippen molar-refractivity contribution in [2.45, 2.75) is 57.5 Å². The van der Waals surface area contributed by atoms with E-state index in [0.717, 1.165) is 38.0 Å². The molecule has 142 valence electrons. The molecular formula is C19H27N3O4. The van der Waals surface area contributed by atoms with Crippen molar-refractivity contribution < 1.29 is 14.8 Å². The molecule has 1 aromatic carbocycles. The highest BCUT2D eigenvalue weighted by Gasteiger charge is 2.27. The summed E-state index contributed by atoms with van der Waals surface area (Å²) in [5.41, 5.74) is 1.62. The Morgan fingerprint density at radius 1 is 1.19 bits per heavy atom. The lowest BCUT2D eigenvalue weighted by Crippen LogP contribution is -2.30. The Hall–Kier alpha value is -2.15. The molecule has 2 aliphatic rings. The fourth-order valence-electron chi connectivity index (χ4n) is 4.03. The Bertz CT molecular complexity index is 650. The molecule has 2 fully saturated rings. The highest BCUT2D eigenvalue weighted by Crippen LogP contribution is 2.31. The van der Waals surface area contributed by atoms with Gasteiger partial charge in [0.2, 0.25) is 0 Å². The van der Waals surface area contributed by atoms with Gasteiger partial charge in [0.15, 0.2) is 0 Å². The number of carbonyl (C=O) groups is 1. The number of carboxylic acid groups (broad SMARTS) is 1. The summed E-state index contributed by atoms with van der Waals surface area (Å²) in [5.74, 6) is -1.02. The highest BCUT2D eigenvalue weighted by molar-refractivity contribution is 5.70. The van der Waals surface area contributed by atoms with E-state index in [1.807, 2.05) is 6.07 Å². The monoisotopic (exact) mass is 361 g/mol. The van der Waals surface area contributed by atoms with Crippen molar-refractivity contribution in [1.82, 2.24) is 4.90 Å². The normalized spacial score (nSPS) is 24.2. The molecule has 1 saturated carbocycles. The van der Waals surface area contributed by atoms with Gasteiger partial charge < -0.3 is 10.4 Å².